The van der Waals surface area contributed by atoms with Gasteiger partial charge in [0.25, 0.3) is 5.56 Å². The summed E-state index contributed by atoms with van der Waals surface area (Å²) in [6.07, 6.45) is -3.16. The average Bonchev–Trinajstić information content (AvgIpc) is 3.69. The molecule has 0 aliphatic carbocycles. The van der Waals surface area contributed by atoms with Crippen LogP contribution in [0.4, 0.5) is 0 Å². The van der Waals surface area contributed by atoms with Crippen molar-refractivity contribution in [3.05, 3.63) is 163 Å². The normalized spacial score (nSPS) is 19.2. The number of ether oxygens (including phenoxy) is 4. The Morgan fingerprint density at radius 1 is 0.729 bits per heavy atom. The molecule has 3 heterocycles. The van der Waals surface area contributed by atoms with Crippen LogP contribution in [-0.4, -0.2) is 34.5 Å². The Balaban J connectivity index is 1.25. The lowest BCUT2D eigenvalue weighted by Gasteiger charge is -2.25. The summed E-state index contributed by atoms with van der Waals surface area (Å²) in [6, 6.07) is 37.2. The molecule has 10 heteroatoms. The van der Waals surface area contributed by atoms with Gasteiger partial charge in [0.15, 0.2) is 6.23 Å². The quantitative estimate of drug-likeness (QED) is 0.141. The second-order valence-electron chi connectivity index (χ2n) is 11.6. The molecule has 244 valence electrons. The van der Waals surface area contributed by atoms with Gasteiger partial charge in [0, 0.05) is 15.4 Å². The van der Waals surface area contributed by atoms with Crippen molar-refractivity contribution in [2.75, 3.05) is 6.61 Å². The van der Waals surface area contributed by atoms with Crippen molar-refractivity contribution in [1.29, 1.82) is 0 Å². The number of fused-ring (bicyclic) bond motifs is 1. The van der Waals surface area contributed by atoms with Crippen LogP contribution in [0.1, 0.15) is 22.9 Å². The molecule has 48 heavy (non-hydrogen) atoms. The van der Waals surface area contributed by atoms with E-state index in [1.807, 2.05) is 121 Å². The molecule has 2 aromatic heterocycles. The topological polar surface area (TPSA) is 91.8 Å². The van der Waals surface area contributed by atoms with Gasteiger partial charge >= 0.3 is 5.69 Å². The molecule has 6 aromatic rings. The lowest BCUT2D eigenvalue weighted by molar-refractivity contribution is -0.0924. The number of halogens is 1. The first kappa shape index (κ1) is 32.4. The van der Waals surface area contributed by atoms with Gasteiger partial charge in [-0.2, -0.15) is 0 Å². The van der Waals surface area contributed by atoms with E-state index in [1.165, 1.54) is 11.3 Å². The van der Waals surface area contributed by atoms with Gasteiger partial charge in [-0.25, -0.2) is 9.36 Å². The van der Waals surface area contributed by atoms with E-state index in [-0.39, 0.29) is 19.8 Å². The fourth-order valence-corrected chi connectivity index (χ4v) is 7.14. The van der Waals surface area contributed by atoms with Crippen LogP contribution in [0.15, 0.2) is 135 Å². The monoisotopic (exact) mass is 724 g/mol. The molecule has 0 amide bonds. The summed E-state index contributed by atoms with van der Waals surface area (Å²) in [6.45, 7) is 1.05. The third-order valence-corrected chi connectivity index (χ3v) is 9.81. The Kier molecular flexibility index (Phi) is 10.1. The Hall–Kier alpha value is -4.16. The van der Waals surface area contributed by atoms with Crippen LogP contribution >= 0.6 is 27.3 Å². The molecule has 1 N–H and O–H groups in total. The van der Waals surface area contributed by atoms with Gasteiger partial charge in [-0.3, -0.25) is 4.79 Å². The number of nitrogens with zero attached hydrogens (tertiary/aromatic N) is 1. The first-order valence-corrected chi connectivity index (χ1v) is 17.3. The minimum Gasteiger partial charge on any atom is -0.374 e. The van der Waals surface area contributed by atoms with Gasteiger partial charge in [0.2, 0.25) is 0 Å². The van der Waals surface area contributed by atoms with Gasteiger partial charge in [-0.05, 0) is 34.4 Å². The van der Waals surface area contributed by atoms with Crippen LogP contribution in [0.3, 0.4) is 0 Å². The minimum absolute atomic E-state index is 0.164. The maximum Gasteiger partial charge on any atom is 0.331 e. The summed E-state index contributed by atoms with van der Waals surface area (Å²) in [5.74, 6) is 0. The van der Waals surface area contributed by atoms with Crippen molar-refractivity contribution >= 4 is 37.5 Å². The Morgan fingerprint density at radius 3 is 1.90 bits per heavy atom. The molecule has 4 atom stereocenters. The first-order valence-electron chi connectivity index (χ1n) is 15.7. The van der Waals surface area contributed by atoms with Crippen molar-refractivity contribution in [1.82, 2.24) is 9.55 Å². The number of thiophene rings is 1. The standard InChI is InChI=1S/C38H33BrN2O6S/c39-29-18-16-28(17-19-29)30-24-48-35-32(30)40-38(43)41(36(35)42)37-34(46-22-27-14-8-3-9-15-27)33(45-21-26-12-6-2-7-13-26)31(47-37)23-44-20-25-10-4-1-5-11-25/h1-19,24,31,33-34,37H,20-23H2,(H,40,43)/t31-,33-,34-,37-/m1/s1. The molecule has 0 spiro atoms. The summed E-state index contributed by atoms with van der Waals surface area (Å²) in [4.78, 5) is 31.1. The van der Waals surface area contributed by atoms with E-state index in [2.05, 4.69) is 20.9 Å². The number of nitrogens with one attached hydrogen (secondary N) is 1. The van der Waals surface area contributed by atoms with Gasteiger partial charge in [-0.15, -0.1) is 11.3 Å². The van der Waals surface area contributed by atoms with Crippen molar-refractivity contribution in [3.63, 3.8) is 0 Å². The van der Waals surface area contributed by atoms with Crippen LogP contribution in [-0.2, 0) is 38.8 Å². The molecule has 1 saturated heterocycles. The highest BCUT2D eigenvalue weighted by Gasteiger charge is 2.48. The van der Waals surface area contributed by atoms with E-state index in [0.717, 1.165) is 36.9 Å². The number of aromatic nitrogens is 2. The molecule has 7 rings (SSSR count). The third-order valence-electron chi connectivity index (χ3n) is 8.31. The Morgan fingerprint density at radius 2 is 1.29 bits per heavy atom. The smallest absolute Gasteiger partial charge is 0.331 e. The summed E-state index contributed by atoms with van der Waals surface area (Å²) in [5, 5.41) is 1.89. The van der Waals surface area contributed by atoms with Gasteiger partial charge in [0.05, 0.1) is 31.9 Å². The maximum absolute atomic E-state index is 14.2. The molecule has 0 saturated carbocycles. The van der Waals surface area contributed by atoms with Crippen LogP contribution < -0.4 is 11.2 Å². The number of hydrogen-bond donors (Lipinski definition) is 1. The molecule has 1 aliphatic heterocycles. The molecule has 0 unspecified atom stereocenters. The van der Waals surface area contributed by atoms with Crippen molar-refractivity contribution in [2.24, 2.45) is 0 Å². The summed E-state index contributed by atoms with van der Waals surface area (Å²) >= 11 is 4.76. The van der Waals surface area contributed by atoms with Gasteiger partial charge in [0.1, 0.15) is 23.0 Å². The largest absolute Gasteiger partial charge is 0.374 e. The zero-order valence-corrected chi connectivity index (χ0v) is 28.3. The van der Waals surface area contributed by atoms with E-state index in [4.69, 9.17) is 18.9 Å². The number of hydrogen-bond acceptors (Lipinski definition) is 7. The zero-order valence-electron chi connectivity index (χ0n) is 25.9. The number of rotatable bonds is 12. The average molecular weight is 726 g/mol. The second-order valence-corrected chi connectivity index (χ2v) is 13.3. The van der Waals surface area contributed by atoms with E-state index >= 15 is 0 Å². The molecule has 0 radical (unpaired) electrons. The summed E-state index contributed by atoms with van der Waals surface area (Å²) in [7, 11) is 0. The van der Waals surface area contributed by atoms with Crippen molar-refractivity contribution in [2.45, 2.75) is 44.4 Å². The van der Waals surface area contributed by atoms with E-state index in [9.17, 15) is 9.59 Å². The van der Waals surface area contributed by atoms with Crippen LogP contribution in [0.2, 0.25) is 0 Å². The zero-order chi connectivity index (χ0) is 32.9. The first-order chi connectivity index (χ1) is 23.5. The highest BCUT2D eigenvalue weighted by molar-refractivity contribution is 9.10. The Bertz CT molecular complexity index is 2070. The predicted molar refractivity (Wildman–Crippen MR) is 190 cm³/mol. The molecule has 1 fully saturated rings. The molecular formula is C38H33BrN2O6S. The van der Waals surface area contributed by atoms with Crippen LogP contribution in [0.25, 0.3) is 21.3 Å². The molecule has 1 aliphatic rings. The Labute approximate surface area is 289 Å². The molecule has 4 aromatic carbocycles. The molecular weight excluding hydrogens is 692 g/mol. The number of H-pyrrole nitrogens is 1. The fourth-order valence-electron chi connectivity index (χ4n) is 5.91. The van der Waals surface area contributed by atoms with Crippen LogP contribution in [0.5, 0.6) is 0 Å². The molecule has 0 bridgehead atoms. The summed E-state index contributed by atoms with van der Waals surface area (Å²) in [5.41, 5.74) is 4.06. The fraction of sp³-hybridized carbons (Fsp3) is 0.211. The number of benzene rings is 4. The van der Waals surface area contributed by atoms with Gasteiger partial charge < -0.3 is 23.9 Å². The molecule has 8 nitrogen and oxygen atoms in total. The van der Waals surface area contributed by atoms with Gasteiger partial charge in [-0.1, -0.05) is 119 Å². The minimum atomic E-state index is -1.07. The predicted octanol–water partition coefficient (Wildman–Crippen LogP) is 7.47. The highest BCUT2D eigenvalue weighted by Crippen LogP contribution is 2.36. The van der Waals surface area contributed by atoms with E-state index < -0.39 is 35.8 Å². The lowest BCUT2D eigenvalue weighted by atomic mass is 10.1. The van der Waals surface area contributed by atoms with Crippen molar-refractivity contribution in [3.8, 4) is 11.1 Å². The van der Waals surface area contributed by atoms with E-state index in [0.29, 0.717) is 16.8 Å². The highest BCUT2D eigenvalue weighted by atomic mass is 79.9. The van der Waals surface area contributed by atoms with Crippen LogP contribution in [0, 0.1) is 0 Å². The lowest BCUT2D eigenvalue weighted by Crippen LogP contribution is -2.44. The SMILES string of the molecule is O=c1[nH]c2c(-c3ccc(Br)cc3)csc2c(=O)n1[C@@H]1O[C@H](COCc2ccccc2)[C@@H](OCc2ccccc2)[C@H]1OCc1ccccc1. The summed E-state index contributed by atoms with van der Waals surface area (Å²) < 4.78 is 28.3. The third kappa shape index (κ3) is 7.14. The van der Waals surface area contributed by atoms with Crippen molar-refractivity contribution < 1.29 is 18.9 Å². The maximum atomic E-state index is 14.2. The van der Waals surface area contributed by atoms with E-state index in [1.54, 1.807) is 0 Å². The second kappa shape index (κ2) is 14.9. The number of aromatic amines is 1.